The summed E-state index contributed by atoms with van der Waals surface area (Å²) in [5.41, 5.74) is 1.48. The fourth-order valence-electron chi connectivity index (χ4n) is 2.62. The smallest absolute Gasteiger partial charge is 0.275 e. The number of amides is 1. The van der Waals surface area contributed by atoms with Gasteiger partial charge in [0.2, 0.25) is 0 Å². The second kappa shape index (κ2) is 6.60. The lowest BCUT2D eigenvalue weighted by Crippen LogP contribution is -2.14. The molecule has 2 aromatic carbocycles. The number of nitrogens with zero attached hydrogens (tertiary/aromatic N) is 2. The minimum atomic E-state index is -0.432. The van der Waals surface area contributed by atoms with Crippen LogP contribution in [0.1, 0.15) is 10.5 Å². The van der Waals surface area contributed by atoms with Crippen molar-refractivity contribution in [1.29, 1.82) is 0 Å². The Kier molecular flexibility index (Phi) is 3.99. The molecule has 0 aliphatic rings. The first-order valence-corrected chi connectivity index (χ1v) is 7.92. The topological polar surface area (TPSA) is 85.1 Å². The van der Waals surface area contributed by atoms with Crippen molar-refractivity contribution in [3.63, 3.8) is 0 Å². The molecule has 0 radical (unpaired) electrons. The van der Waals surface area contributed by atoms with Crippen molar-refractivity contribution in [1.82, 2.24) is 9.97 Å². The van der Waals surface area contributed by atoms with Crippen LogP contribution in [0.2, 0.25) is 0 Å². The first kappa shape index (κ1) is 15.7. The van der Waals surface area contributed by atoms with Crippen LogP contribution in [0.4, 0.5) is 5.69 Å². The molecule has 0 atom stereocenters. The van der Waals surface area contributed by atoms with Crippen LogP contribution in [0.25, 0.3) is 22.3 Å². The largest absolute Gasteiger partial charge is 0.454 e. The Balaban J connectivity index is 1.81. The highest BCUT2D eigenvalue weighted by Gasteiger charge is 2.14. The van der Waals surface area contributed by atoms with E-state index in [0.29, 0.717) is 22.4 Å². The minimum Gasteiger partial charge on any atom is -0.454 e. The molecule has 0 unspecified atom stereocenters. The molecule has 2 heterocycles. The van der Waals surface area contributed by atoms with E-state index in [1.54, 1.807) is 18.2 Å². The van der Waals surface area contributed by atoms with Crippen LogP contribution in [0, 0.1) is 0 Å². The maximum atomic E-state index is 12.5. The van der Waals surface area contributed by atoms with Crippen molar-refractivity contribution in [3.8, 4) is 11.3 Å². The van der Waals surface area contributed by atoms with E-state index in [4.69, 9.17) is 4.42 Å². The molecule has 0 aliphatic heterocycles. The Labute approximate surface area is 148 Å². The van der Waals surface area contributed by atoms with E-state index in [0.717, 1.165) is 5.56 Å². The molecular weight excluding hydrogens is 330 g/mol. The van der Waals surface area contributed by atoms with Gasteiger partial charge in [0.25, 0.3) is 5.91 Å². The second-order valence-electron chi connectivity index (χ2n) is 5.57. The number of aromatic nitrogens is 2. The summed E-state index contributed by atoms with van der Waals surface area (Å²) in [6.07, 6.45) is 4.29. The first-order valence-electron chi connectivity index (χ1n) is 7.92. The summed E-state index contributed by atoms with van der Waals surface area (Å²) in [4.78, 5) is 32.7. The van der Waals surface area contributed by atoms with Gasteiger partial charge in [-0.15, -0.1) is 0 Å². The summed E-state index contributed by atoms with van der Waals surface area (Å²) in [5.74, 6) is 0.00247. The van der Waals surface area contributed by atoms with Crippen molar-refractivity contribution in [2.75, 3.05) is 5.32 Å². The van der Waals surface area contributed by atoms with Crippen molar-refractivity contribution in [2.45, 2.75) is 0 Å². The Bertz CT molecular complexity index is 1140. The van der Waals surface area contributed by atoms with Gasteiger partial charge in [-0.25, -0.2) is 4.98 Å². The summed E-state index contributed by atoms with van der Waals surface area (Å²) in [6, 6.07) is 15.8. The fraction of sp³-hybridized carbons (Fsp3) is 0. The van der Waals surface area contributed by atoms with Crippen LogP contribution in [0.3, 0.4) is 0 Å². The number of carbonyl (C=O) groups excluding carboxylic acids is 1. The van der Waals surface area contributed by atoms with Gasteiger partial charge in [0, 0.05) is 24.0 Å². The van der Waals surface area contributed by atoms with Gasteiger partial charge in [0.1, 0.15) is 11.5 Å². The molecule has 0 aliphatic carbocycles. The lowest BCUT2D eigenvalue weighted by atomic mass is 10.1. The number of carbonyl (C=O) groups is 1. The Morgan fingerprint density at radius 2 is 1.85 bits per heavy atom. The molecule has 1 N–H and O–H groups in total. The average molecular weight is 343 g/mol. The molecular formula is C20H13N3O3. The molecule has 4 aromatic rings. The van der Waals surface area contributed by atoms with Gasteiger partial charge < -0.3 is 9.73 Å². The lowest BCUT2D eigenvalue weighted by molar-refractivity contribution is 0.102. The van der Waals surface area contributed by atoms with E-state index >= 15 is 0 Å². The van der Waals surface area contributed by atoms with Gasteiger partial charge in [0.05, 0.1) is 17.3 Å². The molecule has 0 saturated heterocycles. The van der Waals surface area contributed by atoms with Crippen molar-refractivity contribution in [3.05, 3.63) is 89.1 Å². The zero-order valence-electron chi connectivity index (χ0n) is 13.5. The van der Waals surface area contributed by atoms with Gasteiger partial charge in [-0.3, -0.25) is 14.6 Å². The second-order valence-corrected chi connectivity index (χ2v) is 5.57. The number of nitrogens with one attached hydrogen (secondary N) is 1. The Hall–Kier alpha value is -3.80. The molecule has 0 bridgehead atoms. The summed E-state index contributed by atoms with van der Waals surface area (Å²) in [5, 5.41) is 3.12. The van der Waals surface area contributed by atoms with Crippen molar-refractivity contribution < 1.29 is 9.21 Å². The normalized spacial score (nSPS) is 10.6. The van der Waals surface area contributed by atoms with Crippen LogP contribution in [0.15, 0.2) is 82.4 Å². The third-order valence-electron chi connectivity index (χ3n) is 3.86. The number of fused-ring (bicyclic) bond motifs is 1. The van der Waals surface area contributed by atoms with Gasteiger partial charge >= 0.3 is 0 Å². The van der Waals surface area contributed by atoms with E-state index in [1.807, 2.05) is 30.3 Å². The summed E-state index contributed by atoms with van der Waals surface area (Å²) in [7, 11) is 0. The van der Waals surface area contributed by atoms with Crippen LogP contribution in [-0.4, -0.2) is 15.9 Å². The molecule has 6 nitrogen and oxygen atoms in total. The molecule has 1 amide bonds. The lowest BCUT2D eigenvalue weighted by Gasteiger charge is -2.09. The number of hydrogen-bond donors (Lipinski definition) is 1. The zero-order chi connectivity index (χ0) is 17.9. The van der Waals surface area contributed by atoms with E-state index in [2.05, 4.69) is 15.3 Å². The van der Waals surface area contributed by atoms with E-state index < -0.39 is 5.91 Å². The molecule has 0 fully saturated rings. The number of para-hydroxylation sites is 1. The molecule has 26 heavy (non-hydrogen) atoms. The predicted octanol–water partition coefficient (Wildman–Crippen LogP) is 3.50. The molecule has 6 heteroatoms. The summed E-state index contributed by atoms with van der Waals surface area (Å²) < 4.78 is 5.95. The van der Waals surface area contributed by atoms with E-state index in [-0.39, 0.29) is 11.1 Å². The average Bonchev–Trinajstić information content (AvgIpc) is 2.70. The third kappa shape index (κ3) is 2.95. The monoisotopic (exact) mass is 343 g/mol. The standard InChI is InChI=1S/C20H13N3O3/c24-17-11-18(13-5-2-1-3-6-13)26-19-14(17)7-4-8-15(19)23-20(25)16-12-21-9-10-22-16/h1-12H,(H,23,25). The number of rotatable bonds is 3. The van der Waals surface area contributed by atoms with Crippen molar-refractivity contribution in [2.24, 2.45) is 0 Å². The summed E-state index contributed by atoms with van der Waals surface area (Å²) in [6.45, 7) is 0. The Morgan fingerprint density at radius 3 is 2.62 bits per heavy atom. The van der Waals surface area contributed by atoms with Crippen LogP contribution in [-0.2, 0) is 0 Å². The highest BCUT2D eigenvalue weighted by atomic mass is 16.3. The van der Waals surface area contributed by atoms with Crippen LogP contribution in [0.5, 0.6) is 0 Å². The number of anilines is 1. The quantitative estimate of drug-likeness (QED) is 0.615. The van der Waals surface area contributed by atoms with Gasteiger partial charge in [-0.05, 0) is 12.1 Å². The first-order chi connectivity index (χ1) is 12.7. The van der Waals surface area contributed by atoms with Crippen LogP contribution >= 0.6 is 0 Å². The molecule has 126 valence electrons. The fourth-order valence-corrected chi connectivity index (χ4v) is 2.62. The maximum Gasteiger partial charge on any atom is 0.275 e. The van der Waals surface area contributed by atoms with E-state index in [9.17, 15) is 9.59 Å². The highest BCUT2D eigenvalue weighted by Crippen LogP contribution is 2.27. The zero-order valence-corrected chi connectivity index (χ0v) is 13.5. The minimum absolute atomic E-state index is 0.172. The van der Waals surface area contributed by atoms with Gasteiger partial charge in [0.15, 0.2) is 11.0 Å². The van der Waals surface area contributed by atoms with Crippen molar-refractivity contribution >= 4 is 22.6 Å². The van der Waals surface area contributed by atoms with Gasteiger partial charge in [-0.2, -0.15) is 0 Å². The molecule has 4 rings (SSSR count). The maximum absolute atomic E-state index is 12.5. The van der Waals surface area contributed by atoms with E-state index in [1.165, 1.54) is 24.7 Å². The molecule has 0 spiro atoms. The van der Waals surface area contributed by atoms with Gasteiger partial charge in [-0.1, -0.05) is 36.4 Å². The molecule has 0 saturated carbocycles. The number of hydrogen-bond acceptors (Lipinski definition) is 5. The SMILES string of the molecule is O=C(Nc1cccc2c(=O)cc(-c3ccccc3)oc12)c1cnccn1. The predicted molar refractivity (Wildman–Crippen MR) is 97.9 cm³/mol. The highest BCUT2D eigenvalue weighted by molar-refractivity contribution is 6.06. The Morgan fingerprint density at radius 1 is 1.00 bits per heavy atom. The molecule has 2 aromatic heterocycles. The number of benzene rings is 2. The summed E-state index contributed by atoms with van der Waals surface area (Å²) >= 11 is 0. The van der Waals surface area contributed by atoms with Crippen LogP contribution < -0.4 is 10.7 Å². The third-order valence-corrected chi connectivity index (χ3v) is 3.86.